The van der Waals surface area contributed by atoms with E-state index in [0.717, 1.165) is 0 Å². The van der Waals surface area contributed by atoms with Crippen molar-refractivity contribution >= 4 is 13.1 Å². The average Bonchev–Trinajstić information content (AvgIpc) is 2.12. The fraction of sp³-hybridized carbons (Fsp3) is 0.909. The smallest absolute Gasteiger partial charge is 0.449 e. The molecule has 0 saturated carbocycles. The second-order valence-corrected chi connectivity index (χ2v) is 5.88. The van der Waals surface area contributed by atoms with Gasteiger partial charge in [-0.25, -0.2) is 4.79 Å². The molecule has 3 nitrogen and oxygen atoms in total. The van der Waals surface area contributed by atoms with Crippen molar-refractivity contribution in [1.29, 1.82) is 0 Å². The predicted octanol–water partition coefficient (Wildman–Crippen LogP) is 0.485. The number of carbonyl (C=O) groups is 1. The molecule has 106 valence electrons. The van der Waals surface area contributed by atoms with Crippen molar-refractivity contribution in [3.63, 3.8) is 0 Å². The summed E-state index contributed by atoms with van der Waals surface area (Å²) in [6.45, 7) is 1.07. The molecule has 0 spiro atoms. The molecule has 1 rings (SSSR count). The van der Waals surface area contributed by atoms with Crippen LogP contribution in [-0.4, -0.2) is 36.7 Å². The van der Waals surface area contributed by atoms with E-state index in [9.17, 15) is 17.7 Å². The molecule has 8 heteroatoms. The fourth-order valence-electron chi connectivity index (χ4n) is 2.13. The summed E-state index contributed by atoms with van der Waals surface area (Å²) in [5.74, 6) is -0.480. The molecule has 0 aromatic heterocycles. The molecule has 1 amide bonds. The minimum Gasteiger partial charge on any atom is -0.449 e. The second kappa shape index (κ2) is 7.68. The van der Waals surface area contributed by atoms with Gasteiger partial charge >= 0.3 is 64.5 Å². The van der Waals surface area contributed by atoms with Gasteiger partial charge in [0.05, 0.1) is 0 Å². The Morgan fingerprint density at radius 2 is 1.95 bits per heavy atom. The molecule has 0 aromatic carbocycles. The summed E-state index contributed by atoms with van der Waals surface area (Å²) in [6.07, 6.45) is -0.141. The van der Waals surface area contributed by atoms with E-state index in [-0.39, 0.29) is 57.9 Å². The van der Waals surface area contributed by atoms with Gasteiger partial charge in [-0.15, -0.1) is 0 Å². The predicted molar refractivity (Wildman–Crippen MR) is 64.4 cm³/mol. The van der Waals surface area contributed by atoms with Crippen molar-refractivity contribution in [3.8, 4) is 0 Å². The van der Waals surface area contributed by atoms with Crippen LogP contribution in [-0.2, 0) is 4.74 Å². The first-order valence-corrected chi connectivity index (χ1v) is 6.26. The standard InChI is InChI=1S/C11H20BF3NO2.K/c1-11(2,3)18-10(17)16-6-4-5-9(8-16)7-12(13,14)15;/h9H,4-8H2,1-3H3;/q-1;+1. The van der Waals surface area contributed by atoms with Crippen molar-refractivity contribution in [2.75, 3.05) is 13.1 Å². The molecule has 1 heterocycles. The van der Waals surface area contributed by atoms with Crippen molar-refractivity contribution in [2.45, 2.75) is 45.5 Å². The Balaban J connectivity index is 0.00000324. The quantitative estimate of drug-likeness (QED) is 0.695. The van der Waals surface area contributed by atoms with Gasteiger partial charge in [-0.1, -0.05) is 6.32 Å². The van der Waals surface area contributed by atoms with Gasteiger partial charge in [-0.3, -0.25) is 0 Å². The van der Waals surface area contributed by atoms with Crippen LogP contribution in [0.3, 0.4) is 0 Å². The average molecular weight is 305 g/mol. The van der Waals surface area contributed by atoms with Crippen molar-refractivity contribution < 1.29 is 73.9 Å². The zero-order valence-corrected chi connectivity index (χ0v) is 15.2. The topological polar surface area (TPSA) is 29.5 Å². The van der Waals surface area contributed by atoms with Gasteiger partial charge in [0, 0.05) is 13.1 Å². The van der Waals surface area contributed by atoms with E-state index in [0.29, 0.717) is 19.4 Å². The number of likely N-dealkylation sites (tertiary alicyclic amines) is 1. The number of piperidine rings is 1. The first-order valence-electron chi connectivity index (χ1n) is 6.26. The molecule has 19 heavy (non-hydrogen) atoms. The van der Waals surface area contributed by atoms with Crippen molar-refractivity contribution in [2.24, 2.45) is 5.92 Å². The third-order valence-electron chi connectivity index (χ3n) is 2.77. The summed E-state index contributed by atoms with van der Waals surface area (Å²) in [4.78, 5) is 13.1. The van der Waals surface area contributed by atoms with E-state index in [1.807, 2.05) is 0 Å². The van der Waals surface area contributed by atoms with Gasteiger partial charge in [0.2, 0.25) is 0 Å². The number of nitrogens with zero attached hydrogens (tertiary/aromatic N) is 1. The van der Waals surface area contributed by atoms with Gasteiger partial charge < -0.3 is 22.6 Å². The molecule has 0 aliphatic carbocycles. The second-order valence-electron chi connectivity index (χ2n) is 5.88. The molecule has 1 aliphatic rings. The number of carbonyl (C=O) groups excluding carboxylic acids is 1. The van der Waals surface area contributed by atoms with Crippen LogP contribution >= 0.6 is 0 Å². The van der Waals surface area contributed by atoms with Crippen LogP contribution < -0.4 is 51.4 Å². The van der Waals surface area contributed by atoms with Gasteiger partial charge in [-0.05, 0) is 39.5 Å². The molecule has 1 unspecified atom stereocenters. The minimum atomic E-state index is -4.78. The molecule has 0 aromatic rings. The van der Waals surface area contributed by atoms with E-state index in [1.54, 1.807) is 20.8 Å². The molecule has 1 fully saturated rings. The largest absolute Gasteiger partial charge is 1.00 e. The third kappa shape index (κ3) is 8.60. The Labute approximate surface area is 155 Å². The summed E-state index contributed by atoms with van der Waals surface area (Å²) in [5.41, 5.74) is -0.613. The molecule has 0 radical (unpaired) electrons. The van der Waals surface area contributed by atoms with Crippen molar-refractivity contribution in [1.82, 2.24) is 4.90 Å². The van der Waals surface area contributed by atoms with E-state index >= 15 is 0 Å². The summed E-state index contributed by atoms with van der Waals surface area (Å²) in [5, 5.41) is 0. The monoisotopic (exact) mass is 305 g/mol. The van der Waals surface area contributed by atoms with E-state index < -0.39 is 30.9 Å². The van der Waals surface area contributed by atoms with Crippen LogP contribution in [0.15, 0.2) is 0 Å². The number of hydrogen-bond acceptors (Lipinski definition) is 2. The first kappa shape index (κ1) is 19.8. The molecule has 1 saturated heterocycles. The Morgan fingerprint density at radius 1 is 1.37 bits per heavy atom. The summed E-state index contributed by atoms with van der Waals surface area (Å²) in [6, 6.07) is 0. The van der Waals surface area contributed by atoms with Gasteiger partial charge in [-0.2, -0.15) is 0 Å². The first-order chi connectivity index (χ1) is 8.07. The van der Waals surface area contributed by atoms with Gasteiger partial charge in [0.1, 0.15) is 5.60 Å². The third-order valence-corrected chi connectivity index (χ3v) is 2.77. The molecular formula is C11H20BF3KNO2. The zero-order valence-electron chi connectivity index (χ0n) is 12.1. The normalized spacial score (nSPS) is 20.7. The fourth-order valence-corrected chi connectivity index (χ4v) is 2.13. The molecule has 1 aliphatic heterocycles. The van der Waals surface area contributed by atoms with Gasteiger partial charge in [0.25, 0.3) is 0 Å². The van der Waals surface area contributed by atoms with Crippen LogP contribution in [0.2, 0.25) is 6.32 Å². The van der Waals surface area contributed by atoms with E-state index in [1.165, 1.54) is 4.90 Å². The number of hydrogen-bond donors (Lipinski definition) is 0. The molecule has 0 N–H and O–H groups in total. The summed E-state index contributed by atoms with van der Waals surface area (Å²) >= 11 is 0. The Morgan fingerprint density at radius 3 is 2.42 bits per heavy atom. The minimum absolute atomic E-state index is 0. The zero-order chi connectivity index (χ0) is 14.0. The maximum Gasteiger partial charge on any atom is 1.00 e. The number of ether oxygens (including phenoxy) is 1. The van der Waals surface area contributed by atoms with Gasteiger partial charge in [0.15, 0.2) is 0 Å². The SMILES string of the molecule is CC(C)(C)OC(=O)N1CCCC(C[B-](F)(F)F)C1.[K+]. The van der Waals surface area contributed by atoms with Crippen LogP contribution in [0, 0.1) is 5.92 Å². The Bertz CT molecular complexity index is 307. The van der Waals surface area contributed by atoms with Crippen LogP contribution in [0.1, 0.15) is 33.6 Å². The van der Waals surface area contributed by atoms with Crippen LogP contribution in [0.5, 0.6) is 0 Å². The Hall–Kier alpha value is 0.761. The maximum atomic E-state index is 12.4. The number of amides is 1. The number of rotatable bonds is 2. The van der Waals surface area contributed by atoms with Crippen LogP contribution in [0.25, 0.3) is 0 Å². The maximum absolute atomic E-state index is 12.4. The van der Waals surface area contributed by atoms with E-state index in [2.05, 4.69) is 0 Å². The van der Waals surface area contributed by atoms with Crippen molar-refractivity contribution in [3.05, 3.63) is 0 Å². The molecule has 0 bridgehead atoms. The molecule has 1 atom stereocenters. The van der Waals surface area contributed by atoms with E-state index in [4.69, 9.17) is 4.74 Å². The summed E-state index contributed by atoms with van der Waals surface area (Å²) in [7, 11) is 0. The summed E-state index contributed by atoms with van der Waals surface area (Å²) < 4.78 is 42.3. The Kier molecular flexibility index (Phi) is 7.99. The van der Waals surface area contributed by atoms with Crippen LogP contribution in [0.4, 0.5) is 17.7 Å². The number of halogens is 3. The molecular weight excluding hydrogens is 285 g/mol.